The van der Waals surface area contributed by atoms with Gasteiger partial charge in [-0.25, -0.2) is 0 Å². The molecule has 0 radical (unpaired) electrons. The fraction of sp³-hybridized carbons (Fsp3) is 0.929. The first-order valence-electron chi connectivity index (χ1n) is 13.4. The Morgan fingerprint density at radius 1 is 1.07 bits per heavy atom. The Bertz CT molecular complexity index is 609. The Labute approximate surface area is 183 Å². The molecular weight excluding hydrogens is 347 g/mol. The fourth-order valence-electron chi connectivity index (χ4n) is 9.58. The molecule has 0 aromatic carbocycles. The second kappa shape index (κ2) is 8.05. The molecule has 0 amide bonds. The summed E-state index contributed by atoms with van der Waals surface area (Å²) in [6.07, 6.45) is 16.0. The average molecular weight is 397 g/mol. The van der Waals surface area contributed by atoms with Crippen molar-refractivity contribution < 1.29 is 0 Å². The van der Waals surface area contributed by atoms with Crippen LogP contribution in [0.2, 0.25) is 5.82 Å². The molecule has 0 aromatic rings. The van der Waals surface area contributed by atoms with Gasteiger partial charge in [0.1, 0.15) is 7.85 Å². The van der Waals surface area contributed by atoms with Gasteiger partial charge in [0.25, 0.3) is 0 Å². The van der Waals surface area contributed by atoms with Crippen LogP contribution in [0, 0.1) is 52.3 Å². The normalized spacial score (nSPS) is 50.3. The molecule has 4 fully saturated rings. The molecule has 1 heteroatoms. The van der Waals surface area contributed by atoms with Crippen molar-refractivity contribution >= 4 is 7.85 Å². The lowest BCUT2D eigenvalue weighted by Crippen LogP contribution is -2.56. The molecular formula is C28H49B. The van der Waals surface area contributed by atoms with Crippen molar-refractivity contribution in [3.8, 4) is 0 Å². The minimum absolute atomic E-state index is 0.597. The quantitative estimate of drug-likeness (QED) is 0.330. The predicted octanol–water partition coefficient (Wildman–Crippen LogP) is 7.70. The molecule has 4 aliphatic rings. The Kier molecular flexibility index (Phi) is 6.11. The van der Waals surface area contributed by atoms with E-state index in [0.29, 0.717) is 10.8 Å². The molecule has 0 aromatic heterocycles. The van der Waals surface area contributed by atoms with Crippen LogP contribution in [0.25, 0.3) is 0 Å². The molecule has 10 atom stereocenters. The zero-order valence-corrected chi connectivity index (χ0v) is 20.6. The monoisotopic (exact) mass is 396 g/mol. The molecule has 0 N–H and O–H groups in total. The van der Waals surface area contributed by atoms with E-state index in [2.05, 4.69) is 49.0 Å². The van der Waals surface area contributed by atoms with E-state index in [4.69, 9.17) is 0 Å². The molecule has 164 valence electrons. The summed E-state index contributed by atoms with van der Waals surface area (Å²) in [6, 6.07) is 0. The fourth-order valence-corrected chi connectivity index (χ4v) is 9.58. The van der Waals surface area contributed by atoms with Crippen LogP contribution in [-0.4, -0.2) is 7.85 Å². The maximum absolute atomic E-state index is 4.29. The summed E-state index contributed by atoms with van der Waals surface area (Å²) in [6.45, 7) is 17.3. The van der Waals surface area contributed by atoms with Gasteiger partial charge in [-0.2, -0.15) is 0 Å². The van der Waals surface area contributed by atoms with Gasteiger partial charge >= 0.3 is 0 Å². The molecule has 10 unspecified atom stereocenters. The summed E-state index contributed by atoms with van der Waals surface area (Å²) >= 11 is 0. The van der Waals surface area contributed by atoms with Gasteiger partial charge in [-0.05, 0) is 110 Å². The second-order valence-electron chi connectivity index (χ2n) is 12.8. The van der Waals surface area contributed by atoms with E-state index in [9.17, 15) is 0 Å². The lowest BCUT2D eigenvalue weighted by Gasteiger charge is -2.63. The van der Waals surface area contributed by atoms with Crippen LogP contribution >= 0.6 is 0 Å². The first kappa shape index (κ1) is 22.0. The zero-order chi connectivity index (χ0) is 21.0. The minimum Gasteiger partial charge on any atom is -0.0999 e. The van der Waals surface area contributed by atoms with Gasteiger partial charge in [0.15, 0.2) is 0 Å². The summed E-state index contributed by atoms with van der Waals surface area (Å²) in [5.41, 5.74) is 2.72. The number of allylic oxidation sites excluding steroid dienone is 1. The van der Waals surface area contributed by atoms with Crippen molar-refractivity contribution in [1.82, 2.24) is 0 Å². The molecule has 0 bridgehead atoms. The van der Waals surface area contributed by atoms with Crippen molar-refractivity contribution in [1.29, 1.82) is 0 Å². The maximum atomic E-state index is 4.29. The lowest BCUT2D eigenvalue weighted by molar-refractivity contribution is -0.138. The Morgan fingerprint density at radius 2 is 1.83 bits per heavy atom. The van der Waals surface area contributed by atoms with E-state index in [1.807, 2.05) is 0 Å². The van der Waals surface area contributed by atoms with Gasteiger partial charge in [-0.15, -0.1) is 0 Å². The highest BCUT2D eigenvalue weighted by Gasteiger charge is 2.62. The Morgan fingerprint density at radius 3 is 2.55 bits per heavy atom. The highest BCUT2D eigenvalue weighted by atomic mass is 14.7. The van der Waals surface area contributed by atoms with Crippen LogP contribution in [0.3, 0.4) is 0 Å². The third-order valence-electron chi connectivity index (χ3n) is 11.7. The highest BCUT2D eigenvalue weighted by Crippen LogP contribution is 2.70. The van der Waals surface area contributed by atoms with Crippen molar-refractivity contribution in [3.63, 3.8) is 0 Å². The molecule has 0 aliphatic heterocycles. The Balaban J connectivity index is 1.53. The SMILES string of the molecule is BC1CCC2(C)C(CCC3C2CC(C)C2(C)C(C(C)CCC(=C)CC)CCC32)C1. The van der Waals surface area contributed by atoms with Crippen LogP contribution < -0.4 is 0 Å². The van der Waals surface area contributed by atoms with Gasteiger partial charge in [0.05, 0.1) is 0 Å². The zero-order valence-electron chi connectivity index (χ0n) is 20.6. The molecule has 4 rings (SSSR count). The average Bonchev–Trinajstić information content (AvgIpc) is 3.06. The van der Waals surface area contributed by atoms with Gasteiger partial charge in [0.2, 0.25) is 0 Å². The van der Waals surface area contributed by atoms with E-state index < -0.39 is 0 Å². The van der Waals surface area contributed by atoms with Crippen molar-refractivity contribution in [2.45, 2.75) is 111 Å². The van der Waals surface area contributed by atoms with E-state index in [1.54, 1.807) is 12.8 Å². The van der Waals surface area contributed by atoms with Gasteiger partial charge < -0.3 is 0 Å². The van der Waals surface area contributed by atoms with Crippen LogP contribution in [0.4, 0.5) is 0 Å². The van der Waals surface area contributed by atoms with E-state index in [1.165, 1.54) is 56.9 Å². The van der Waals surface area contributed by atoms with E-state index in [-0.39, 0.29) is 0 Å². The van der Waals surface area contributed by atoms with Gasteiger partial charge in [0, 0.05) is 0 Å². The smallest absolute Gasteiger partial charge is 0.0999 e. The van der Waals surface area contributed by atoms with E-state index >= 15 is 0 Å². The molecule has 0 saturated heterocycles. The molecule has 0 spiro atoms. The minimum atomic E-state index is 0.597. The number of hydrogen-bond donors (Lipinski definition) is 0. The summed E-state index contributed by atoms with van der Waals surface area (Å²) in [5, 5.41) is 0. The summed E-state index contributed by atoms with van der Waals surface area (Å²) in [5.74, 6) is 7.80. The lowest BCUT2D eigenvalue weighted by atomic mass is 9.41. The highest BCUT2D eigenvalue weighted by molar-refractivity contribution is 6.11. The largest absolute Gasteiger partial charge is 0.105 e. The molecule has 4 aliphatic carbocycles. The standard InChI is InChI=1S/C28H49B/c1-7-18(2)8-9-19(3)24-12-13-25-23-11-10-21-17-22(29)14-15-27(21,5)26(23)16-20(4)28(24,25)6/h19-26H,2,7-17,29H2,1,3-6H3. The van der Waals surface area contributed by atoms with Crippen LogP contribution in [-0.2, 0) is 0 Å². The van der Waals surface area contributed by atoms with Crippen LogP contribution in [0.5, 0.6) is 0 Å². The van der Waals surface area contributed by atoms with Crippen LogP contribution in [0.15, 0.2) is 12.2 Å². The third-order valence-corrected chi connectivity index (χ3v) is 11.7. The summed E-state index contributed by atoms with van der Waals surface area (Å²) in [7, 11) is 2.52. The predicted molar refractivity (Wildman–Crippen MR) is 130 cm³/mol. The van der Waals surface area contributed by atoms with Gasteiger partial charge in [-0.1, -0.05) is 65.4 Å². The van der Waals surface area contributed by atoms with Crippen molar-refractivity contribution in [3.05, 3.63) is 12.2 Å². The summed E-state index contributed by atoms with van der Waals surface area (Å²) < 4.78 is 0. The number of hydrogen-bond acceptors (Lipinski definition) is 0. The Hall–Kier alpha value is -0.195. The van der Waals surface area contributed by atoms with E-state index in [0.717, 1.165) is 53.7 Å². The molecule has 0 heterocycles. The van der Waals surface area contributed by atoms with Gasteiger partial charge in [-0.3, -0.25) is 0 Å². The van der Waals surface area contributed by atoms with Crippen molar-refractivity contribution in [2.75, 3.05) is 0 Å². The maximum Gasteiger partial charge on any atom is 0.105 e. The van der Waals surface area contributed by atoms with Crippen LogP contribution in [0.1, 0.15) is 105 Å². The number of rotatable bonds is 5. The summed E-state index contributed by atoms with van der Waals surface area (Å²) in [4.78, 5) is 0. The first-order valence-corrected chi connectivity index (χ1v) is 13.4. The van der Waals surface area contributed by atoms with Crippen molar-refractivity contribution in [2.24, 2.45) is 52.3 Å². The molecule has 0 nitrogen and oxygen atoms in total. The molecule has 4 saturated carbocycles. The second-order valence-corrected chi connectivity index (χ2v) is 12.8. The third kappa shape index (κ3) is 3.49. The first-order chi connectivity index (χ1) is 13.7. The topological polar surface area (TPSA) is 0 Å². The number of fused-ring (bicyclic) bond motifs is 5. The molecule has 29 heavy (non-hydrogen) atoms.